The number of aliphatic hydroxyl groups excluding tert-OH is 1. The van der Waals surface area contributed by atoms with Gasteiger partial charge in [0.1, 0.15) is 12.2 Å². The van der Waals surface area contributed by atoms with Crippen molar-refractivity contribution < 1.29 is 33.7 Å². The quantitative estimate of drug-likeness (QED) is 0.634. The minimum absolute atomic E-state index is 0.0117. The van der Waals surface area contributed by atoms with Gasteiger partial charge in [0.05, 0.1) is 12.2 Å². The number of carbonyl (C=O) groups excluding carboxylic acids is 3. The summed E-state index contributed by atoms with van der Waals surface area (Å²) < 4.78 is 15.4. The fourth-order valence-corrected chi connectivity index (χ4v) is 2.53. The van der Waals surface area contributed by atoms with Gasteiger partial charge in [0.25, 0.3) is 0 Å². The lowest BCUT2D eigenvalue weighted by Gasteiger charge is -2.33. The molecule has 1 aromatic rings. The smallest absolute Gasteiger partial charge is 0.338 e. The normalized spacial score (nSPS) is 22.5. The number of esters is 3. The number of rotatable bonds is 5. The topological polar surface area (TPSA) is 99.1 Å². The van der Waals surface area contributed by atoms with Crippen LogP contribution in [0.4, 0.5) is 0 Å². The monoisotopic (exact) mass is 348 g/mol. The predicted molar refractivity (Wildman–Crippen MR) is 86.5 cm³/mol. The van der Waals surface area contributed by atoms with E-state index in [1.165, 1.54) is 13.0 Å². The summed E-state index contributed by atoms with van der Waals surface area (Å²) in [6, 6.07) is 8.24. The van der Waals surface area contributed by atoms with E-state index >= 15 is 0 Å². The summed E-state index contributed by atoms with van der Waals surface area (Å²) in [5, 5.41) is 10.3. The molecule has 0 spiro atoms. The Hall–Kier alpha value is -2.67. The standard InChI is InChI=1S/C18H20O7/c1-3-23-17(21)13-9-14(20)16(15(10-13)24-11(2)19)25-18(22)12-7-5-4-6-8-12/h4-9,14-16,20H,3,10H2,1-2H3/t14-,15-,16-/m1/s1. The van der Waals surface area contributed by atoms with Gasteiger partial charge in [-0.25, -0.2) is 9.59 Å². The van der Waals surface area contributed by atoms with Crippen LogP contribution in [-0.2, 0) is 23.8 Å². The van der Waals surface area contributed by atoms with Crippen LogP contribution in [0.1, 0.15) is 30.6 Å². The first-order chi connectivity index (χ1) is 11.9. The molecule has 0 bridgehead atoms. The SMILES string of the molecule is CCOC(=O)C1=C[C@@H](O)[C@@H](OC(=O)c2ccccc2)[C@H](OC(C)=O)C1. The van der Waals surface area contributed by atoms with Crippen molar-refractivity contribution in [2.45, 2.75) is 38.6 Å². The van der Waals surface area contributed by atoms with Gasteiger partial charge in [-0.1, -0.05) is 18.2 Å². The van der Waals surface area contributed by atoms with Crippen LogP contribution in [0, 0.1) is 0 Å². The van der Waals surface area contributed by atoms with Gasteiger partial charge >= 0.3 is 17.9 Å². The zero-order valence-electron chi connectivity index (χ0n) is 14.0. The first-order valence-electron chi connectivity index (χ1n) is 7.91. The van der Waals surface area contributed by atoms with E-state index in [0.717, 1.165) is 0 Å². The van der Waals surface area contributed by atoms with Crippen molar-refractivity contribution in [1.29, 1.82) is 0 Å². The van der Waals surface area contributed by atoms with Crippen LogP contribution < -0.4 is 0 Å². The molecule has 0 fully saturated rings. The van der Waals surface area contributed by atoms with Gasteiger partial charge in [0.2, 0.25) is 0 Å². The van der Waals surface area contributed by atoms with Crippen LogP contribution in [0.5, 0.6) is 0 Å². The Morgan fingerprint density at radius 3 is 2.40 bits per heavy atom. The van der Waals surface area contributed by atoms with Crippen LogP contribution in [0.3, 0.4) is 0 Å². The van der Waals surface area contributed by atoms with Gasteiger partial charge in [0.15, 0.2) is 6.10 Å². The number of hydrogen-bond acceptors (Lipinski definition) is 7. The third-order valence-electron chi connectivity index (χ3n) is 3.60. The molecule has 25 heavy (non-hydrogen) atoms. The molecule has 0 amide bonds. The molecule has 0 unspecified atom stereocenters. The lowest BCUT2D eigenvalue weighted by Crippen LogP contribution is -2.46. The third kappa shape index (κ3) is 4.90. The van der Waals surface area contributed by atoms with Crippen LogP contribution in [-0.4, -0.2) is 47.9 Å². The van der Waals surface area contributed by atoms with Crippen molar-refractivity contribution >= 4 is 17.9 Å². The molecule has 3 atom stereocenters. The number of benzene rings is 1. The highest BCUT2D eigenvalue weighted by atomic mass is 16.6. The summed E-state index contributed by atoms with van der Waals surface area (Å²) in [5.74, 6) is -1.87. The van der Waals surface area contributed by atoms with E-state index in [1.807, 2.05) is 0 Å². The molecule has 1 N–H and O–H groups in total. The van der Waals surface area contributed by atoms with E-state index < -0.39 is 36.2 Å². The average Bonchev–Trinajstić information content (AvgIpc) is 2.58. The molecule has 0 radical (unpaired) electrons. The first kappa shape index (κ1) is 18.7. The highest BCUT2D eigenvalue weighted by Gasteiger charge is 2.39. The largest absolute Gasteiger partial charge is 0.463 e. The molecule has 1 aromatic carbocycles. The van der Waals surface area contributed by atoms with E-state index in [0.29, 0.717) is 5.56 Å². The molecular weight excluding hydrogens is 328 g/mol. The Labute approximate surface area is 145 Å². The molecule has 0 aliphatic heterocycles. The van der Waals surface area contributed by atoms with Crippen molar-refractivity contribution in [3.63, 3.8) is 0 Å². The van der Waals surface area contributed by atoms with Crippen LogP contribution >= 0.6 is 0 Å². The molecule has 134 valence electrons. The van der Waals surface area contributed by atoms with Gasteiger partial charge in [-0.2, -0.15) is 0 Å². The molecule has 2 rings (SSSR count). The highest BCUT2D eigenvalue weighted by molar-refractivity contribution is 5.90. The lowest BCUT2D eigenvalue weighted by molar-refractivity contribution is -0.158. The summed E-state index contributed by atoms with van der Waals surface area (Å²) in [7, 11) is 0. The Balaban J connectivity index is 2.20. The van der Waals surface area contributed by atoms with E-state index in [-0.39, 0.29) is 18.6 Å². The van der Waals surface area contributed by atoms with Gasteiger partial charge in [-0.3, -0.25) is 4.79 Å². The number of carbonyl (C=O) groups is 3. The summed E-state index contributed by atoms with van der Waals surface area (Å²) in [6.45, 7) is 3.04. The maximum Gasteiger partial charge on any atom is 0.338 e. The van der Waals surface area contributed by atoms with E-state index in [2.05, 4.69) is 0 Å². The van der Waals surface area contributed by atoms with Crippen LogP contribution in [0.25, 0.3) is 0 Å². The van der Waals surface area contributed by atoms with E-state index in [1.54, 1.807) is 37.3 Å². The Kier molecular flexibility index (Phi) is 6.30. The Morgan fingerprint density at radius 2 is 1.80 bits per heavy atom. The molecule has 0 saturated heterocycles. The highest BCUT2D eigenvalue weighted by Crippen LogP contribution is 2.26. The zero-order chi connectivity index (χ0) is 18.4. The van der Waals surface area contributed by atoms with Crippen molar-refractivity contribution in [2.24, 2.45) is 0 Å². The maximum atomic E-state index is 12.2. The number of hydrogen-bond donors (Lipinski definition) is 1. The minimum Gasteiger partial charge on any atom is -0.463 e. The number of aliphatic hydroxyl groups is 1. The Bertz CT molecular complexity index is 665. The molecule has 1 aliphatic carbocycles. The molecule has 7 heteroatoms. The van der Waals surface area contributed by atoms with E-state index in [9.17, 15) is 19.5 Å². The molecule has 0 aromatic heterocycles. The van der Waals surface area contributed by atoms with Gasteiger partial charge in [-0.15, -0.1) is 0 Å². The van der Waals surface area contributed by atoms with Gasteiger partial charge < -0.3 is 19.3 Å². The third-order valence-corrected chi connectivity index (χ3v) is 3.60. The zero-order valence-corrected chi connectivity index (χ0v) is 14.0. The minimum atomic E-state index is -1.30. The second-order valence-electron chi connectivity index (χ2n) is 5.49. The van der Waals surface area contributed by atoms with Crippen molar-refractivity contribution in [3.05, 3.63) is 47.5 Å². The number of ether oxygens (including phenoxy) is 3. The summed E-state index contributed by atoms with van der Waals surface area (Å²) in [5.41, 5.74) is 0.476. The summed E-state index contributed by atoms with van der Waals surface area (Å²) in [6.07, 6.45) is -2.15. The van der Waals surface area contributed by atoms with Crippen molar-refractivity contribution in [1.82, 2.24) is 0 Å². The van der Waals surface area contributed by atoms with Gasteiger partial charge in [-0.05, 0) is 25.1 Å². The molecule has 7 nitrogen and oxygen atoms in total. The van der Waals surface area contributed by atoms with Crippen molar-refractivity contribution in [3.8, 4) is 0 Å². The Morgan fingerprint density at radius 1 is 1.12 bits per heavy atom. The summed E-state index contributed by atoms with van der Waals surface area (Å²) >= 11 is 0. The molecule has 0 saturated carbocycles. The van der Waals surface area contributed by atoms with Crippen LogP contribution in [0.15, 0.2) is 42.0 Å². The van der Waals surface area contributed by atoms with Crippen LogP contribution in [0.2, 0.25) is 0 Å². The summed E-state index contributed by atoms with van der Waals surface area (Å²) in [4.78, 5) is 35.4. The maximum absolute atomic E-state index is 12.2. The first-order valence-corrected chi connectivity index (χ1v) is 7.91. The van der Waals surface area contributed by atoms with Crippen molar-refractivity contribution in [2.75, 3.05) is 6.61 Å². The molecule has 1 aliphatic rings. The molecule has 0 heterocycles. The average molecular weight is 348 g/mol. The van der Waals surface area contributed by atoms with E-state index in [4.69, 9.17) is 14.2 Å². The second-order valence-corrected chi connectivity index (χ2v) is 5.49. The lowest BCUT2D eigenvalue weighted by atomic mass is 9.91. The van der Waals surface area contributed by atoms with Gasteiger partial charge in [0, 0.05) is 18.9 Å². The second kappa shape index (κ2) is 8.43. The fourth-order valence-electron chi connectivity index (χ4n) is 2.53. The fraction of sp³-hybridized carbons (Fsp3) is 0.389. The predicted octanol–water partition coefficient (Wildman–Crippen LogP) is 1.40. The molecular formula is C18H20O7.